The zero-order chi connectivity index (χ0) is 14.5. The van der Waals surface area contributed by atoms with E-state index in [1.54, 1.807) is 0 Å². The number of halogens is 2. The van der Waals surface area contributed by atoms with E-state index in [1.807, 2.05) is 24.3 Å². The topological polar surface area (TPSA) is 49.3 Å². The van der Waals surface area contributed by atoms with Gasteiger partial charge in [-0.2, -0.15) is 0 Å². The Bertz CT molecular complexity index is 614. The number of hydrogen-bond donors (Lipinski definition) is 2. The molecule has 2 aromatic rings. The van der Waals surface area contributed by atoms with Crippen LogP contribution in [0.15, 0.2) is 42.5 Å². The Morgan fingerprint density at radius 2 is 1.90 bits per heavy atom. The maximum absolute atomic E-state index is 12.1. The van der Waals surface area contributed by atoms with Gasteiger partial charge in [-0.1, -0.05) is 39.7 Å². The Balaban J connectivity index is 2.13. The van der Waals surface area contributed by atoms with Crippen LogP contribution >= 0.6 is 27.5 Å². The van der Waals surface area contributed by atoms with Crippen LogP contribution in [0.2, 0.25) is 5.02 Å². The quantitative estimate of drug-likeness (QED) is 0.807. The summed E-state index contributed by atoms with van der Waals surface area (Å²) in [6.45, 7) is 0. The van der Waals surface area contributed by atoms with Gasteiger partial charge in [0, 0.05) is 11.0 Å². The lowest BCUT2D eigenvalue weighted by Gasteiger charge is -2.08. The fraction of sp³-hybridized carbons (Fsp3) is 0.133. The molecular weight excluding hydrogens is 342 g/mol. The van der Waals surface area contributed by atoms with E-state index in [2.05, 4.69) is 21.2 Å². The number of amides is 1. The van der Waals surface area contributed by atoms with Crippen molar-refractivity contribution in [1.29, 1.82) is 0 Å². The molecule has 0 atom stereocenters. The molecule has 0 radical (unpaired) electrons. The monoisotopic (exact) mass is 353 g/mol. The summed E-state index contributed by atoms with van der Waals surface area (Å²) >= 11 is 9.33. The summed E-state index contributed by atoms with van der Waals surface area (Å²) in [5.74, 6) is -0.341. The average Bonchev–Trinajstić information content (AvgIpc) is 2.44. The van der Waals surface area contributed by atoms with Gasteiger partial charge in [0.25, 0.3) is 5.91 Å². The predicted molar refractivity (Wildman–Crippen MR) is 85.0 cm³/mol. The SMILES string of the molecule is O=C(Nc1ccc(CCBr)cc1)c1cc(O)ccc1Cl. The van der Waals surface area contributed by atoms with Crippen LogP contribution in [0.3, 0.4) is 0 Å². The van der Waals surface area contributed by atoms with Crippen molar-refractivity contribution in [2.45, 2.75) is 6.42 Å². The zero-order valence-corrected chi connectivity index (χ0v) is 12.9. The molecule has 0 aliphatic rings. The lowest BCUT2D eigenvalue weighted by molar-refractivity contribution is 0.102. The number of hydrogen-bond acceptors (Lipinski definition) is 2. The second-order valence-electron chi connectivity index (χ2n) is 4.25. The third kappa shape index (κ3) is 3.74. The third-order valence-corrected chi connectivity index (χ3v) is 3.52. The highest BCUT2D eigenvalue weighted by Crippen LogP contribution is 2.22. The van der Waals surface area contributed by atoms with Gasteiger partial charge < -0.3 is 10.4 Å². The number of aryl methyl sites for hydroxylation is 1. The Kier molecular flexibility index (Phi) is 5.04. The fourth-order valence-electron chi connectivity index (χ4n) is 1.75. The van der Waals surface area contributed by atoms with Gasteiger partial charge in [0.1, 0.15) is 5.75 Å². The molecule has 3 nitrogen and oxygen atoms in total. The third-order valence-electron chi connectivity index (χ3n) is 2.79. The molecule has 0 heterocycles. The second-order valence-corrected chi connectivity index (χ2v) is 5.45. The molecule has 0 saturated heterocycles. The van der Waals surface area contributed by atoms with E-state index in [-0.39, 0.29) is 17.2 Å². The van der Waals surface area contributed by atoms with Crippen molar-refractivity contribution in [3.8, 4) is 5.75 Å². The van der Waals surface area contributed by atoms with Crippen molar-refractivity contribution in [1.82, 2.24) is 0 Å². The van der Waals surface area contributed by atoms with Gasteiger partial charge in [0.2, 0.25) is 0 Å². The van der Waals surface area contributed by atoms with Crippen LogP contribution in [-0.2, 0) is 6.42 Å². The van der Waals surface area contributed by atoms with Crippen LogP contribution in [0.25, 0.3) is 0 Å². The molecule has 0 bridgehead atoms. The van der Waals surface area contributed by atoms with Gasteiger partial charge in [-0.3, -0.25) is 4.79 Å². The van der Waals surface area contributed by atoms with Crippen molar-refractivity contribution in [2.75, 3.05) is 10.6 Å². The van der Waals surface area contributed by atoms with Gasteiger partial charge in [-0.05, 0) is 42.3 Å². The van der Waals surface area contributed by atoms with Crippen LogP contribution < -0.4 is 5.32 Å². The van der Waals surface area contributed by atoms with Gasteiger partial charge in [-0.25, -0.2) is 0 Å². The highest BCUT2D eigenvalue weighted by molar-refractivity contribution is 9.09. The number of benzene rings is 2. The first-order chi connectivity index (χ1) is 9.60. The number of carbonyl (C=O) groups is 1. The standard InChI is InChI=1S/C15H13BrClNO2/c16-8-7-10-1-3-11(4-2-10)18-15(20)13-9-12(19)5-6-14(13)17/h1-6,9,19H,7-8H2,(H,18,20). The van der Waals surface area contributed by atoms with E-state index in [0.717, 1.165) is 11.8 Å². The lowest BCUT2D eigenvalue weighted by atomic mass is 10.1. The van der Waals surface area contributed by atoms with Gasteiger partial charge in [0.05, 0.1) is 10.6 Å². The first-order valence-electron chi connectivity index (χ1n) is 6.05. The molecule has 2 aromatic carbocycles. The van der Waals surface area contributed by atoms with Crippen molar-refractivity contribution in [3.63, 3.8) is 0 Å². The van der Waals surface area contributed by atoms with E-state index in [9.17, 15) is 9.90 Å². The van der Waals surface area contributed by atoms with Crippen LogP contribution in [-0.4, -0.2) is 16.3 Å². The molecule has 104 valence electrons. The van der Waals surface area contributed by atoms with Crippen molar-refractivity contribution in [3.05, 3.63) is 58.6 Å². The lowest BCUT2D eigenvalue weighted by Crippen LogP contribution is -2.12. The molecule has 0 aromatic heterocycles. The second kappa shape index (κ2) is 6.77. The first kappa shape index (κ1) is 14.9. The average molecular weight is 355 g/mol. The van der Waals surface area contributed by atoms with Crippen LogP contribution in [0, 0.1) is 0 Å². The Morgan fingerprint density at radius 3 is 2.55 bits per heavy atom. The van der Waals surface area contributed by atoms with Crippen LogP contribution in [0.1, 0.15) is 15.9 Å². The van der Waals surface area contributed by atoms with Gasteiger partial charge in [0.15, 0.2) is 0 Å². The maximum Gasteiger partial charge on any atom is 0.257 e. The maximum atomic E-state index is 12.1. The first-order valence-corrected chi connectivity index (χ1v) is 7.55. The van der Waals surface area contributed by atoms with Crippen molar-refractivity contribution >= 4 is 39.1 Å². The van der Waals surface area contributed by atoms with E-state index in [1.165, 1.54) is 23.8 Å². The molecule has 0 aliphatic carbocycles. The summed E-state index contributed by atoms with van der Waals surface area (Å²) in [5, 5.41) is 13.4. The number of alkyl halides is 1. The smallest absolute Gasteiger partial charge is 0.257 e. The minimum Gasteiger partial charge on any atom is -0.508 e. The van der Waals surface area contributed by atoms with Crippen LogP contribution in [0.4, 0.5) is 5.69 Å². The Hall–Kier alpha value is -1.52. The number of nitrogens with one attached hydrogen (secondary N) is 1. The molecule has 20 heavy (non-hydrogen) atoms. The molecule has 1 amide bonds. The van der Waals surface area contributed by atoms with Crippen LogP contribution in [0.5, 0.6) is 5.75 Å². The fourth-order valence-corrected chi connectivity index (χ4v) is 2.41. The molecule has 0 unspecified atom stereocenters. The van der Waals surface area contributed by atoms with E-state index in [0.29, 0.717) is 10.7 Å². The minimum atomic E-state index is -0.348. The number of carbonyl (C=O) groups excluding carboxylic acids is 1. The summed E-state index contributed by atoms with van der Waals surface area (Å²) in [4.78, 5) is 12.1. The number of phenolic OH excluding ortho intramolecular Hbond substituents is 1. The highest BCUT2D eigenvalue weighted by atomic mass is 79.9. The summed E-state index contributed by atoms with van der Waals surface area (Å²) < 4.78 is 0. The predicted octanol–water partition coefficient (Wildman–Crippen LogP) is 4.24. The molecule has 5 heteroatoms. The summed E-state index contributed by atoms with van der Waals surface area (Å²) in [6.07, 6.45) is 0.937. The molecule has 2 rings (SSSR count). The summed E-state index contributed by atoms with van der Waals surface area (Å²) in [5.41, 5.74) is 2.12. The summed E-state index contributed by atoms with van der Waals surface area (Å²) in [6, 6.07) is 11.9. The van der Waals surface area contributed by atoms with E-state index in [4.69, 9.17) is 11.6 Å². The van der Waals surface area contributed by atoms with Crippen molar-refractivity contribution in [2.24, 2.45) is 0 Å². The Morgan fingerprint density at radius 1 is 1.20 bits per heavy atom. The Labute approximate surface area is 130 Å². The number of anilines is 1. The number of aromatic hydroxyl groups is 1. The minimum absolute atomic E-state index is 0.00668. The normalized spacial score (nSPS) is 10.3. The largest absolute Gasteiger partial charge is 0.508 e. The molecular formula is C15H13BrClNO2. The van der Waals surface area contributed by atoms with Gasteiger partial charge >= 0.3 is 0 Å². The molecule has 0 aliphatic heterocycles. The number of rotatable bonds is 4. The highest BCUT2D eigenvalue weighted by Gasteiger charge is 2.11. The molecule has 0 spiro atoms. The van der Waals surface area contributed by atoms with E-state index >= 15 is 0 Å². The number of phenols is 1. The summed E-state index contributed by atoms with van der Waals surface area (Å²) in [7, 11) is 0. The van der Waals surface area contributed by atoms with Gasteiger partial charge in [-0.15, -0.1) is 0 Å². The zero-order valence-electron chi connectivity index (χ0n) is 10.6. The molecule has 0 saturated carbocycles. The van der Waals surface area contributed by atoms with Crippen molar-refractivity contribution < 1.29 is 9.90 Å². The van der Waals surface area contributed by atoms with E-state index < -0.39 is 0 Å². The molecule has 2 N–H and O–H groups in total. The molecule has 0 fully saturated rings.